The first-order chi connectivity index (χ1) is 5.56. The van der Waals surface area contributed by atoms with Crippen LogP contribution in [0.2, 0.25) is 0 Å². The highest BCUT2D eigenvalue weighted by molar-refractivity contribution is 9.10. The second-order valence-corrected chi connectivity index (χ2v) is 3.86. The Morgan fingerprint density at radius 2 is 2.17 bits per heavy atom. The topological polar surface area (TPSA) is 40.5 Å². The molecule has 12 heavy (non-hydrogen) atoms. The second kappa shape index (κ2) is 3.56. The molecule has 0 amide bonds. The molecule has 2 N–H and O–H groups in total. The van der Waals surface area contributed by atoms with E-state index in [0.29, 0.717) is 5.56 Å². The van der Waals surface area contributed by atoms with E-state index in [1.165, 1.54) is 0 Å². The lowest BCUT2D eigenvalue weighted by atomic mass is 9.97. The Kier molecular flexibility index (Phi) is 2.88. The molecule has 66 valence electrons. The molecule has 0 aliphatic heterocycles. The van der Waals surface area contributed by atoms with Crippen molar-refractivity contribution in [1.29, 1.82) is 0 Å². The zero-order valence-electron chi connectivity index (χ0n) is 6.79. The zero-order valence-corrected chi connectivity index (χ0v) is 8.37. The van der Waals surface area contributed by atoms with Crippen molar-refractivity contribution < 1.29 is 10.2 Å². The predicted octanol–water partition coefficient (Wildman–Crippen LogP) is 1.65. The third kappa shape index (κ3) is 2.06. The number of benzene rings is 1. The molecule has 0 heterocycles. The molecule has 0 fully saturated rings. The van der Waals surface area contributed by atoms with Crippen molar-refractivity contribution in [1.82, 2.24) is 0 Å². The van der Waals surface area contributed by atoms with Crippen LogP contribution in [0.15, 0.2) is 28.7 Å². The Bertz CT molecular complexity index is 271. The summed E-state index contributed by atoms with van der Waals surface area (Å²) in [6.45, 7) is 1.30. The Balaban J connectivity index is 3.03. The summed E-state index contributed by atoms with van der Waals surface area (Å²) in [7, 11) is 0. The zero-order chi connectivity index (χ0) is 9.19. The van der Waals surface area contributed by atoms with Crippen LogP contribution in [0.1, 0.15) is 12.5 Å². The fourth-order valence-corrected chi connectivity index (χ4v) is 1.31. The molecular weight excluding hydrogens is 220 g/mol. The lowest BCUT2D eigenvalue weighted by molar-refractivity contribution is -0.00232. The van der Waals surface area contributed by atoms with Crippen LogP contribution in [-0.4, -0.2) is 16.8 Å². The minimum absolute atomic E-state index is 0.274. The van der Waals surface area contributed by atoms with Crippen LogP contribution in [0.5, 0.6) is 0 Å². The van der Waals surface area contributed by atoms with E-state index in [2.05, 4.69) is 15.9 Å². The molecule has 0 aromatic heterocycles. The molecule has 0 aliphatic rings. The van der Waals surface area contributed by atoms with Gasteiger partial charge in [-0.3, -0.25) is 0 Å². The van der Waals surface area contributed by atoms with Crippen LogP contribution in [0, 0.1) is 0 Å². The minimum Gasteiger partial charge on any atom is -0.393 e. The maximum atomic E-state index is 9.65. The Morgan fingerprint density at radius 1 is 1.50 bits per heavy atom. The van der Waals surface area contributed by atoms with Crippen molar-refractivity contribution in [2.45, 2.75) is 12.5 Å². The highest BCUT2D eigenvalue weighted by Gasteiger charge is 2.21. The molecule has 0 bridgehead atoms. The van der Waals surface area contributed by atoms with Gasteiger partial charge in [-0.15, -0.1) is 0 Å². The number of rotatable bonds is 2. The monoisotopic (exact) mass is 230 g/mol. The van der Waals surface area contributed by atoms with Crippen molar-refractivity contribution in [2.24, 2.45) is 0 Å². The van der Waals surface area contributed by atoms with Gasteiger partial charge in [0.25, 0.3) is 0 Å². The Morgan fingerprint density at radius 3 is 2.67 bits per heavy atom. The first-order valence-corrected chi connectivity index (χ1v) is 4.45. The van der Waals surface area contributed by atoms with Gasteiger partial charge < -0.3 is 10.2 Å². The third-order valence-corrected chi connectivity index (χ3v) is 2.25. The van der Waals surface area contributed by atoms with Crippen LogP contribution in [-0.2, 0) is 5.60 Å². The van der Waals surface area contributed by atoms with Crippen molar-refractivity contribution in [3.8, 4) is 0 Å². The van der Waals surface area contributed by atoms with Gasteiger partial charge in [0.15, 0.2) is 0 Å². The van der Waals surface area contributed by atoms with Crippen molar-refractivity contribution in [3.63, 3.8) is 0 Å². The maximum Gasteiger partial charge on any atom is 0.110 e. The molecule has 0 unspecified atom stereocenters. The van der Waals surface area contributed by atoms with E-state index in [-0.39, 0.29) is 6.61 Å². The van der Waals surface area contributed by atoms with Gasteiger partial charge in [0, 0.05) is 4.47 Å². The lowest BCUT2D eigenvalue weighted by Gasteiger charge is -2.20. The molecule has 3 heteroatoms. The molecule has 1 aromatic carbocycles. The quantitative estimate of drug-likeness (QED) is 0.812. The molecule has 2 nitrogen and oxygen atoms in total. The molecule has 1 aromatic rings. The van der Waals surface area contributed by atoms with Crippen molar-refractivity contribution >= 4 is 15.9 Å². The summed E-state index contributed by atoms with van der Waals surface area (Å²) in [5.74, 6) is 0. The van der Waals surface area contributed by atoms with Gasteiger partial charge in [0.05, 0.1) is 6.61 Å². The van der Waals surface area contributed by atoms with Gasteiger partial charge in [-0.25, -0.2) is 0 Å². The van der Waals surface area contributed by atoms with Gasteiger partial charge >= 0.3 is 0 Å². The Labute approximate surface area is 80.0 Å². The van der Waals surface area contributed by atoms with E-state index >= 15 is 0 Å². The van der Waals surface area contributed by atoms with Crippen molar-refractivity contribution in [3.05, 3.63) is 34.3 Å². The molecule has 0 radical (unpaired) electrons. The summed E-state index contributed by atoms with van der Waals surface area (Å²) in [6.07, 6.45) is 0. The third-order valence-electron chi connectivity index (χ3n) is 1.75. The van der Waals surface area contributed by atoms with Gasteiger partial charge in [0.1, 0.15) is 5.60 Å². The van der Waals surface area contributed by atoms with Gasteiger partial charge in [-0.05, 0) is 24.6 Å². The molecule has 1 rings (SSSR count). The van der Waals surface area contributed by atoms with Gasteiger partial charge in [-0.1, -0.05) is 28.1 Å². The van der Waals surface area contributed by atoms with E-state index in [4.69, 9.17) is 5.11 Å². The normalized spacial score (nSPS) is 15.7. The smallest absolute Gasteiger partial charge is 0.110 e. The average Bonchev–Trinajstić information content (AvgIpc) is 2.05. The first kappa shape index (κ1) is 9.71. The van der Waals surface area contributed by atoms with Gasteiger partial charge in [-0.2, -0.15) is 0 Å². The molecule has 0 saturated carbocycles. The highest BCUT2D eigenvalue weighted by Crippen LogP contribution is 2.22. The standard InChI is InChI=1S/C9H11BrO2/c1-9(12,6-11)7-3-2-4-8(10)5-7/h2-5,11-12H,6H2,1H3/t9-/m0/s1. The Hall–Kier alpha value is -0.380. The predicted molar refractivity (Wildman–Crippen MR) is 50.8 cm³/mol. The first-order valence-electron chi connectivity index (χ1n) is 3.65. The van der Waals surface area contributed by atoms with Crippen molar-refractivity contribution in [2.75, 3.05) is 6.61 Å². The fourth-order valence-electron chi connectivity index (χ4n) is 0.915. The maximum absolute atomic E-state index is 9.65. The lowest BCUT2D eigenvalue weighted by Crippen LogP contribution is -2.25. The molecule has 0 spiro atoms. The molecule has 0 aliphatic carbocycles. The SMILES string of the molecule is C[C@](O)(CO)c1cccc(Br)c1. The summed E-state index contributed by atoms with van der Waals surface area (Å²) in [6, 6.07) is 7.26. The largest absolute Gasteiger partial charge is 0.393 e. The van der Waals surface area contributed by atoms with E-state index < -0.39 is 5.60 Å². The van der Waals surface area contributed by atoms with Gasteiger partial charge in [0.2, 0.25) is 0 Å². The second-order valence-electron chi connectivity index (χ2n) is 2.94. The summed E-state index contributed by atoms with van der Waals surface area (Å²) >= 11 is 3.29. The minimum atomic E-state index is -1.15. The van der Waals surface area contributed by atoms with E-state index in [9.17, 15) is 5.11 Å². The summed E-state index contributed by atoms with van der Waals surface area (Å²) < 4.78 is 0.897. The number of halogens is 1. The van der Waals surface area contributed by atoms with E-state index in [1.807, 2.05) is 12.1 Å². The molecule has 0 saturated heterocycles. The summed E-state index contributed by atoms with van der Waals surface area (Å²) in [5, 5.41) is 18.5. The number of aliphatic hydroxyl groups excluding tert-OH is 1. The van der Waals surface area contributed by atoms with E-state index in [1.54, 1.807) is 19.1 Å². The molecule has 1 atom stereocenters. The highest BCUT2D eigenvalue weighted by atomic mass is 79.9. The van der Waals surface area contributed by atoms with Crippen LogP contribution in [0.3, 0.4) is 0 Å². The van der Waals surface area contributed by atoms with E-state index in [0.717, 1.165) is 4.47 Å². The fraction of sp³-hybridized carbons (Fsp3) is 0.333. The number of aliphatic hydroxyl groups is 2. The molecular formula is C9H11BrO2. The number of hydrogen-bond donors (Lipinski definition) is 2. The average molecular weight is 231 g/mol. The van der Waals surface area contributed by atoms with Crippen LogP contribution < -0.4 is 0 Å². The summed E-state index contributed by atoms with van der Waals surface area (Å²) in [5.41, 5.74) is -0.441. The summed E-state index contributed by atoms with van der Waals surface area (Å²) in [4.78, 5) is 0. The van der Waals surface area contributed by atoms with Crippen LogP contribution in [0.4, 0.5) is 0 Å². The van der Waals surface area contributed by atoms with Crippen LogP contribution in [0.25, 0.3) is 0 Å². The number of hydrogen-bond acceptors (Lipinski definition) is 2. The van der Waals surface area contributed by atoms with Crippen LogP contribution >= 0.6 is 15.9 Å².